The first-order valence-corrected chi connectivity index (χ1v) is 6.56. The minimum absolute atomic E-state index is 0.583. The summed E-state index contributed by atoms with van der Waals surface area (Å²) >= 11 is 0. The van der Waals surface area contributed by atoms with Gasteiger partial charge in [0.05, 0.1) is 19.8 Å². The molecule has 0 fully saturated rings. The SMILES string of the molecule is CCOc1cc(C)nc(NCCOCCN(C)C)n1. The van der Waals surface area contributed by atoms with Crippen LogP contribution in [0.3, 0.4) is 0 Å². The Labute approximate surface area is 115 Å². The fraction of sp³-hybridized carbons (Fsp3) is 0.692. The molecule has 6 heteroatoms. The van der Waals surface area contributed by atoms with E-state index < -0.39 is 0 Å². The van der Waals surface area contributed by atoms with E-state index in [0.29, 0.717) is 31.6 Å². The number of hydrogen-bond donors (Lipinski definition) is 1. The highest BCUT2D eigenvalue weighted by molar-refractivity contribution is 5.30. The molecule has 1 aromatic heterocycles. The Kier molecular flexibility index (Phi) is 7.14. The molecule has 6 nitrogen and oxygen atoms in total. The third-order valence-electron chi connectivity index (χ3n) is 2.34. The van der Waals surface area contributed by atoms with Crippen molar-refractivity contribution in [3.05, 3.63) is 11.8 Å². The number of rotatable bonds is 9. The van der Waals surface area contributed by atoms with Gasteiger partial charge in [0.2, 0.25) is 11.8 Å². The third-order valence-corrected chi connectivity index (χ3v) is 2.34. The van der Waals surface area contributed by atoms with Crippen LogP contribution in [0.1, 0.15) is 12.6 Å². The Morgan fingerprint density at radius 1 is 1.26 bits per heavy atom. The van der Waals surface area contributed by atoms with Crippen LogP contribution >= 0.6 is 0 Å². The molecule has 1 rings (SSSR count). The summed E-state index contributed by atoms with van der Waals surface area (Å²) in [4.78, 5) is 10.6. The van der Waals surface area contributed by atoms with Crippen LogP contribution in [0, 0.1) is 6.92 Å². The molecule has 0 radical (unpaired) electrons. The molecule has 0 saturated carbocycles. The predicted molar refractivity (Wildman–Crippen MR) is 75.8 cm³/mol. The molecule has 0 spiro atoms. The lowest BCUT2D eigenvalue weighted by Gasteiger charge is -2.11. The first kappa shape index (κ1) is 15.7. The van der Waals surface area contributed by atoms with Crippen LogP contribution in [0.2, 0.25) is 0 Å². The highest BCUT2D eigenvalue weighted by Gasteiger charge is 2.02. The number of anilines is 1. The van der Waals surface area contributed by atoms with E-state index in [9.17, 15) is 0 Å². The van der Waals surface area contributed by atoms with Crippen molar-refractivity contribution in [3.63, 3.8) is 0 Å². The van der Waals surface area contributed by atoms with Gasteiger partial charge in [-0.3, -0.25) is 0 Å². The van der Waals surface area contributed by atoms with Gasteiger partial charge in [-0.1, -0.05) is 0 Å². The van der Waals surface area contributed by atoms with Gasteiger partial charge in [0.15, 0.2) is 0 Å². The lowest BCUT2D eigenvalue weighted by atomic mass is 10.4. The van der Waals surface area contributed by atoms with Gasteiger partial charge >= 0.3 is 0 Å². The molecule has 0 atom stereocenters. The number of ether oxygens (including phenoxy) is 2. The van der Waals surface area contributed by atoms with Gasteiger partial charge in [-0.15, -0.1) is 0 Å². The maximum Gasteiger partial charge on any atom is 0.226 e. The van der Waals surface area contributed by atoms with Gasteiger partial charge in [-0.2, -0.15) is 4.98 Å². The van der Waals surface area contributed by atoms with E-state index in [1.807, 2.05) is 34.0 Å². The lowest BCUT2D eigenvalue weighted by Crippen LogP contribution is -2.20. The molecular weight excluding hydrogens is 244 g/mol. The zero-order valence-corrected chi connectivity index (χ0v) is 12.3. The maximum absolute atomic E-state index is 5.48. The van der Waals surface area contributed by atoms with Crippen LogP contribution in [0.15, 0.2) is 6.07 Å². The first-order valence-electron chi connectivity index (χ1n) is 6.56. The van der Waals surface area contributed by atoms with Crippen LogP contribution in [0.25, 0.3) is 0 Å². The summed E-state index contributed by atoms with van der Waals surface area (Å²) in [6.45, 7) is 7.43. The molecule has 0 aliphatic heterocycles. The summed E-state index contributed by atoms with van der Waals surface area (Å²) in [5, 5.41) is 3.13. The van der Waals surface area contributed by atoms with Crippen molar-refractivity contribution in [2.45, 2.75) is 13.8 Å². The van der Waals surface area contributed by atoms with Crippen LogP contribution in [0.5, 0.6) is 5.88 Å². The molecule has 0 bridgehead atoms. The Balaban J connectivity index is 2.28. The molecule has 0 amide bonds. The summed E-state index contributed by atoms with van der Waals surface area (Å²) in [7, 11) is 4.05. The Bertz CT molecular complexity index is 372. The van der Waals surface area contributed by atoms with Gasteiger partial charge < -0.3 is 19.7 Å². The Hall–Kier alpha value is -1.40. The molecule has 0 aliphatic rings. The van der Waals surface area contributed by atoms with Crippen molar-refractivity contribution in [1.29, 1.82) is 0 Å². The molecule has 19 heavy (non-hydrogen) atoms. The zero-order chi connectivity index (χ0) is 14.1. The number of aromatic nitrogens is 2. The summed E-state index contributed by atoms with van der Waals surface area (Å²) in [5.74, 6) is 1.19. The maximum atomic E-state index is 5.48. The molecule has 1 N–H and O–H groups in total. The summed E-state index contributed by atoms with van der Waals surface area (Å²) in [6.07, 6.45) is 0. The van der Waals surface area contributed by atoms with E-state index in [2.05, 4.69) is 20.2 Å². The Morgan fingerprint density at radius 2 is 2.05 bits per heavy atom. The number of nitrogens with zero attached hydrogens (tertiary/aromatic N) is 3. The standard InChI is InChI=1S/C13H24N4O2/c1-5-19-12-10-11(2)15-13(16-12)14-6-8-18-9-7-17(3)4/h10H,5-9H2,1-4H3,(H,14,15,16). The van der Waals surface area contributed by atoms with Crippen molar-refractivity contribution in [1.82, 2.24) is 14.9 Å². The number of nitrogens with one attached hydrogen (secondary N) is 1. The van der Waals surface area contributed by atoms with E-state index in [-0.39, 0.29) is 0 Å². The largest absolute Gasteiger partial charge is 0.478 e. The molecule has 0 saturated heterocycles. The molecular formula is C13H24N4O2. The fourth-order valence-electron chi connectivity index (χ4n) is 1.42. The van der Waals surface area contributed by atoms with Gasteiger partial charge in [-0.05, 0) is 27.9 Å². The topological polar surface area (TPSA) is 59.5 Å². The second-order valence-corrected chi connectivity index (χ2v) is 4.45. The quantitative estimate of drug-likeness (QED) is 0.679. The number of hydrogen-bond acceptors (Lipinski definition) is 6. The van der Waals surface area contributed by atoms with Crippen molar-refractivity contribution >= 4 is 5.95 Å². The van der Waals surface area contributed by atoms with Crippen LogP contribution in [-0.2, 0) is 4.74 Å². The van der Waals surface area contributed by atoms with E-state index in [1.54, 1.807) is 0 Å². The highest BCUT2D eigenvalue weighted by Crippen LogP contribution is 2.11. The Morgan fingerprint density at radius 3 is 2.74 bits per heavy atom. The van der Waals surface area contributed by atoms with Gasteiger partial charge in [-0.25, -0.2) is 4.98 Å². The second kappa shape index (κ2) is 8.66. The summed E-state index contributed by atoms with van der Waals surface area (Å²) in [5.41, 5.74) is 0.884. The van der Waals surface area contributed by atoms with Gasteiger partial charge in [0.1, 0.15) is 0 Å². The molecule has 108 valence electrons. The van der Waals surface area contributed by atoms with E-state index >= 15 is 0 Å². The van der Waals surface area contributed by atoms with Crippen molar-refractivity contribution in [3.8, 4) is 5.88 Å². The van der Waals surface area contributed by atoms with Gasteiger partial charge in [0.25, 0.3) is 0 Å². The molecule has 1 heterocycles. The molecule has 0 aliphatic carbocycles. The summed E-state index contributed by atoms with van der Waals surface area (Å²) in [6, 6.07) is 1.82. The van der Waals surface area contributed by atoms with Crippen molar-refractivity contribution in [2.24, 2.45) is 0 Å². The van der Waals surface area contributed by atoms with Crippen molar-refractivity contribution in [2.75, 3.05) is 52.3 Å². The average Bonchev–Trinajstić information content (AvgIpc) is 2.33. The van der Waals surface area contributed by atoms with Gasteiger partial charge in [0, 0.05) is 24.8 Å². The highest BCUT2D eigenvalue weighted by atomic mass is 16.5. The predicted octanol–water partition coefficient (Wildman–Crippen LogP) is 1.17. The first-order chi connectivity index (χ1) is 9.11. The number of aryl methyl sites for hydroxylation is 1. The normalized spacial score (nSPS) is 10.8. The fourth-order valence-corrected chi connectivity index (χ4v) is 1.42. The third kappa shape index (κ3) is 6.93. The molecule has 1 aromatic rings. The summed E-state index contributed by atoms with van der Waals surface area (Å²) < 4.78 is 10.9. The van der Waals surface area contributed by atoms with Crippen LogP contribution < -0.4 is 10.1 Å². The second-order valence-electron chi connectivity index (χ2n) is 4.45. The number of likely N-dealkylation sites (N-methyl/N-ethyl adjacent to an activating group) is 1. The van der Waals surface area contributed by atoms with E-state index in [0.717, 1.165) is 18.8 Å². The van der Waals surface area contributed by atoms with E-state index in [4.69, 9.17) is 9.47 Å². The molecule has 0 aromatic carbocycles. The van der Waals surface area contributed by atoms with Crippen molar-refractivity contribution < 1.29 is 9.47 Å². The van der Waals surface area contributed by atoms with Crippen LogP contribution in [-0.4, -0.2) is 61.9 Å². The zero-order valence-electron chi connectivity index (χ0n) is 12.3. The van der Waals surface area contributed by atoms with E-state index in [1.165, 1.54) is 0 Å². The minimum Gasteiger partial charge on any atom is -0.478 e. The smallest absolute Gasteiger partial charge is 0.226 e. The monoisotopic (exact) mass is 268 g/mol. The lowest BCUT2D eigenvalue weighted by molar-refractivity contribution is 0.126. The minimum atomic E-state index is 0.583. The van der Waals surface area contributed by atoms with Crippen LogP contribution in [0.4, 0.5) is 5.95 Å². The average molecular weight is 268 g/mol. The molecule has 0 unspecified atom stereocenters.